The van der Waals surface area contributed by atoms with Gasteiger partial charge in [0.1, 0.15) is 28.1 Å². The van der Waals surface area contributed by atoms with Crippen molar-refractivity contribution < 1.29 is 21.6 Å². The molecule has 12 heteroatoms. The first-order chi connectivity index (χ1) is 15.0. The van der Waals surface area contributed by atoms with Crippen LogP contribution in [0.1, 0.15) is 37.8 Å². The molecule has 1 saturated carbocycles. The van der Waals surface area contributed by atoms with Crippen molar-refractivity contribution in [2.45, 2.75) is 49.3 Å². The molecule has 0 aromatic carbocycles. The lowest BCUT2D eigenvalue weighted by Gasteiger charge is -2.29. The number of aromatic nitrogens is 3. The summed E-state index contributed by atoms with van der Waals surface area (Å²) in [5.74, 6) is 0. The first-order valence-electron chi connectivity index (χ1n) is 9.68. The van der Waals surface area contributed by atoms with Gasteiger partial charge >= 0.3 is 6.18 Å². The van der Waals surface area contributed by atoms with E-state index >= 15 is 0 Å². The lowest BCUT2D eigenvalue weighted by molar-refractivity contribution is -0.147. The molecule has 1 aliphatic rings. The summed E-state index contributed by atoms with van der Waals surface area (Å²) < 4.78 is 66.5. The van der Waals surface area contributed by atoms with Crippen LogP contribution in [-0.2, 0) is 10.0 Å². The highest BCUT2D eigenvalue weighted by Gasteiger charge is 2.39. The van der Waals surface area contributed by atoms with E-state index in [0.29, 0.717) is 34.4 Å². The SMILES string of the molecule is C[C@H](NS(=O)(=O)c1ccc(-c2c(C#N)c3ncc(Cl)cc3n2C2CCC2)nc1)C(F)(F)F. The Morgan fingerprint density at radius 1 is 1.28 bits per heavy atom. The van der Waals surface area contributed by atoms with Crippen molar-refractivity contribution in [3.8, 4) is 17.5 Å². The van der Waals surface area contributed by atoms with Gasteiger partial charge in [0.25, 0.3) is 0 Å². The number of nitrogens with one attached hydrogen (secondary N) is 1. The van der Waals surface area contributed by atoms with Crippen molar-refractivity contribution in [1.82, 2.24) is 19.3 Å². The molecule has 7 nitrogen and oxygen atoms in total. The molecule has 0 aliphatic heterocycles. The van der Waals surface area contributed by atoms with Gasteiger partial charge in [0.05, 0.1) is 21.9 Å². The highest BCUT2D eigenvalue weighted by Crippen LogP contribution is 2.42. The molecule has 4 rings (SSSR count). The molecule has 3 aromatic rings. The molecule has 3 heterocycles. The molecule has 1 atom stereocenters. The van der Waals surface area contributed by atoms with Crippen LogP contribution in [0.25, 0.3) is 22.4 Å². The number of nitrogens with zero attached hydrogens (tertiary/aromatic N) is 4. The predicted molar refractivity (Wildman–Crippen MR) is 111 cm³/mol. The summed E-state index contributed by atoms with van der Waals surface area (Å²) in [6.45, 7) is 0.716. The van der Waals surface area contributed by atoms with Gasteiger partial charge in [0.15, 0.2) is 0 Å². The topological polar surface area (TPSA) is 101 Å². The van der Waals surface area contributed by atoms with Crippen LogP contribution in [0.2, 0.25) is 5.02 Å². The standard InChI is InChI=1S/C20H17ClF3N5O2S/c1-11(20(22,23)24)28-32(30,31)14-5-6-16(26-10-14)19-15(8-25)18-17(7-12(21)9-27-18)29(19)13-3-2-4-13/h5-7,9-11,13,28H,2-4H2,1H3/t11-/m0/s1. The van der Waals surface area contributed by atoms with Crippen LogP contribution in [0.3, 0.4) is 0 Å². The van der Waals surface area contributed by atoms with E-state index < -0.39 is 27.1 Å². The van der Waals surface area contributed by atoms with Crippen LogP contribution >= 0.6 is 11.6 Å². The Bertz CT molecular complexity index is 1330. The van der Waals surface area contributed by atoms with E-state index in [1.165, 1.54) is 12.3 Å². The minimum atomic E-state index is -4.72. The average Bonchev–Trinajstić information content (AvgIpc) is 2.99. The van der Waals surface area contributed by atoms with Crippen molar-refractivity contribution in [2.75, 3.05) is 0 Å². The molecular formula is C20H17ClF3N5O2S. The summed E-state index contributed by atoms with van der Waals surface area (Å²) in [7, 11) is -4.44. The van der Waals surface area contributed by atoms with Crippen molar-refractivity contribution in [3.63, 3.8) is 0 Å². The van der Waals surface area contributed by atoms with Gasteiger partial charge in [0, 0.05) is 18.4 Å². The van der Waals surface area contributed by atoms with E-state index in [1.54, 1.807) is 10.8 Å². The van der Waals surface area contributed by atoms with Crippen molar-refractivity contribution in [3.05, 3.63) is 41.2 Å². The van der Waals surface area contributed by atoms with E-state index in [0.717, 1.165) is 31.5 Å². The van der Waals surface area contributed by atoms with Crippen molar-refractivity contribution in [2.24, 2.45) is 0 Å². The average molecular weight is 484 g/mol. The fourth-order valence-corrected chi connectivity index (χ4v) is 4.91. The zero-order chi connectivity index (χ0) is 23.3. The van der Waals surface area contributed by atoms with Gasteiger partial charge in [-0.15, -0.1) is 0 Å². The molecule has 32 heavy (non-hydrogen) atoms. The number of halogens is 4. The number of hydrogen-bond acceptors (Lipinski definition) is 5. The molecule has 168 valence electrons. The Balaban J connectivity index is 1.80. The maximum Gasteiger partial charge on any atom is 0.404 e. The second kappa shape index (κ2) is 8.03. The minimum absolute atomic E-state index is 0.106. The van der Waals surface area contributed by atoms with Crippen LogP contribution in [0.5, 0.6) is 0 Å². The van der Waals surface area contributed by atoms with E-state index in [4.69, 9.17) is 11.6 Å². The molecule has 0 unspecified atom stereocenters. The number of sulfonamides is 1. The third-order valence-electron chi connectivity index (χ3n) is 5.47. The number of alkyl halides is 3. The summed E-state index contributed by atoms with van der Waals surface area (Å²) in [5, 5.41) is 10.2. The summed E-state index contributed by atoms with van der Waals surface area (Å²) >= 11 is 6.12. The van der Waals surface area contributed by atoms with Gasteiger partial charge < -0.3 is 4.57 Å². The van der Waals surface area contributed by atoms with Crippen molar-refractivity contribution in [1.29, 1.82) is 5.26 Å². The highest BCUT2D eigenvalue weighted by molar-refractivity contribution is 7.89. The first kappa shape index (κ1) is 22.5. The van der Waals surface area contributed by atoms with Gasteiger partial charge in [-0.1, -0.05) is 11.6 Å². The highest BCUT2D eigenvalue weighted by atomic mass is 35.5. The fraction of sp³-hybridized carbons (Fsp3) is 0.350. The maximum atomic E-state index is 12.8. The number of pyridine rings is 2. The molecular weight excluding hydrogens is 467 g/mol. The Morgan fingerprint density at radius 3 is 2.53 bits per heavy atom. The largest absolute Gasteiger partial charge is 0.404 e. The predicted octanol–water partition coefficient (Wildman–Crippen LogP) is 4.58. The third-order valence-corrected chi connectivity index (χ3v) is 7.20. The molecule has 0 amide bonds. The first-order valence-corrected chi connectivity index (χ1v) is 11.5. The van der Waals surface area contributed by atoms with Gasteiger partial charge in [-0.05, 0) is 44.4 Å². The lowest BCUT2D eigenvalue weighted by atomic mass is 9.92. The number of rotatable bonds is 5. The molecule has 3 aromatic heterocycles. The lowest BCUT2D eigenvalue weighted by Crippen LogP contribution is -2.42. The quantitative estimate of drug-likeness (QED) is 0.572. The zero-order valence-corrected chi connectivity index (χ0v) is 18.3. The van der Waals surface area contributed by atoms with Crippen LogP contribution in [-0.4, -0.2) is 35.2 Å². The van der Waals surface area contributed by atoms with Crippen molar-refractivity contribution >= 4 is 32.7 Å². The third kappa shape index (κ3) is 3.94. The van der Waals surface area contributed by atoms with Crippen LogP contribution < -0.4 is 4.72 Å². The van der Waals surface area contributed by atoms with Crippen LogP contribution in [0.15, 0.2) is 35.5 Å². The minimum Gasteiger partial charge on any atom is -0.334 e. The number of nitriles is 1. The summed E-state index contributed by atoms with van der Waals surface area (Å²) in [4.78, 5) is 8.06. The number of fused-ring (bicyclic) bond motifs is 1. The van der Waals surface area contributed by atoms with Gasteiger partial charge in [-0.3, -0.25) is 9.97 Å². The zero-order valence-electron chi connectivity index (χ0n) is 16.7. The van der Waals surface area contributed by atoms with Gasteiger partial charge in [0.2, 0.25) is 10.0 Å². The Labute approximate surface area is 186 Å². The maximum absolute atomic E-state index is 12.8. The van der Waals surface area contributed by atoms with E-state index in [9.17, 15) is 26.9 Å². The van der Waals surface area contributed by atoms with Crippen LogP contribution in [0.4, 0.5) is 13.2 Å². The monoisotopic (exact) mass is 483 g/mol. The van der Waals surface area contributed by atoms with Gasteiger partial charge in [-0.2, -0.15) is 23.2 Å². The normalized spacial score (nSPS) is 16.0. The Hall–Kier alpha value is -2.68. The molecule has 0 radical (unpaired) electrons. The fourth-order valence-electron chi connectivity index (χ4n) is 3.59. The molecule has 0 bridgehead atoms. The summed E-state index contributed by atoms with van der Waals surface area (Å²) in [6, 6.07) is 4.25. The second-order valence-corrected chi connectivity index (χ2v) is 9.73. The molecule has 1 aliphatic carbocycles. The van der Waals surface area contributed by atoms with E-state index in [-0.39, 0.29) is 11.6 Å². The van der Waals surface area contributed by atoms with Crippen LogP contribution in [0, 0.1) is 11.3 Å². The Kier molecular flexibility index (Phi) is 5.65. The molecule has 0 spiro atoms. The summed E-state index contributed by atoms with van der Waals surface area (Å²) in [5.41, 5.74) is 2.19. The molecule has 1 fully saturated rings. The van der Waals surface area contributed by atoms with E-state index in [1.807, 2.05) is 4.57 Å². The number of hydrogen-bond donors (Lipinski definition) is 1. The smallest absolute Gasteiger partial charge is 0.334 e. The molecule has 1 N–H and O–H groups in total. The van der Waals surface area contributed by atoms with E-state index in [2.05, 4.69) is 16.0 Å². The molecule has 0 saturated heterocycles. The Morgan fingerprint density at radius 2 is 2.00 bits per heavy atom. The van der Waals surface area contributed by atoms with Gasteiger partial charge in [-0.25, -0.2) is 8.42 Å². The second-order valence-electron chi connectivity index (χ2n) is 7.58. The summed E-state index contributed by atoms with van der Waals surface area (Å²) in [6.07, 6.45) is 0.495.